The van der Waals surface area contributed by atoms with Crippen molar-refractivity contribution in [3.8, 4) is 0 Å². The van der Waals surface area contributed by atoms with Gasteiger partial charge in [-0.25, -0.2) is 4.68 Å². The number of nitrogens with zero attached hydrogens (tertiary/aromatic N) is 2. The van der Waals surface area contributed by atoms with Crippen molar-refractivity contribution >= 4 is 29.0 Å². The predicted molar refractivity (Wildman–Crippen MR) is 112 cm³/mol. The highest BCUT2D eigenvalue weighted by Gasteiger charge is 2.26. The maximum atomic E-state index is 12.9. The molecule has 0 bridgehead atoms. The minimum Gasteiger partial charge on any atom is -0.340 e. The number of hydrogen-bond donors (Lipinski definition) is 2. The van der Waals surface area contributed by atoms with Gasteiger partial charge in [-0.15, -0.1) is 11.3 Å². The Hall–Kier alpha value is -2.93. The molecule has 0 unspecified atom stereocenters. The molecule has 0 aliphatic rings. The average molecular weight is 397 g/mol. The van der Waals surface area contributed by atoms with Crippen LogP contribution >= 0.6 is 11.3 Å². The summed E-state index contributed by atoms with van der Waals surface area (Å²) in [5, 5.41) is 12.1. The molecule has 1 atom stereocenters. The van der Waals surface area contributed by atoms with Crippen molar-refractivity contribution in [2.45, 2.75) is 33.4 Å². The van der Waals surface area contributed by atoms with Crippen molar-refractivity contribution in [1.82, 2.24) is 15.1 Å². The summed E-state index contributed by atoms with van der Waals surface area (Å²) in [7, 11) is 0. The summed E-state index contributed by atoms with van der Waals surface area (Å²) < 4.78 is 1.74. The van der Waals surface area contributed by atoms with E-state index in [1.165, 1.54) is 0 Å². The number of anilines is 1. The first-order valence-electron chi connectivity index (χ1n) is 9.17. The summed E-state index contributed by atoms with van der Waals surface area (Å²) in [5.74, 6) is 0.0275. The third-order valence-electron chi connectivity index (χ3n) is 4.48. The van der Waals surface area contributed by atoms with Crippen LogP contribution in [0.25, 0.3) is 0 Å². The van der Waals surface area contributed by atoms with Crippen LogP contribution in [0.4, 0.5) is 5.82 Å². The SMILES string of the molecule is Cc1ccccc1C(=O)N[C@@H](C(=O)Nc1ccnn1Cc1cccs1)C(C)C. The van der Waals surface area contributed by atoms with E-state index in [0.29, 0.717) is 17.9 Å². The number of aryl methyl sites for hydroxylation is 1. The Kier molecular flexibility index (Phi) is 6.26. The van der Waals surface area contributed by atoms with E-state index in [2.05, 4.69) is 15.7 Å². The zero-order valence-corrected chi connectivity index (χ0v) is 17.0. The molecule has 146 valence electrons. The van der Waals surface area contributed by atoms with Gasteiger partial charge in [-0.3, -0.25) is 9.59 Å². The highest BCUT2D eigenvalue weighted by molar-refractivity contribution is 7.09. The van der Waals surface area contributed by atoms with Crippen molar-refractivity contribution in [2.75, 3.05) is 5.32 Å². The Bertz CT molecular complexity index is 947. The maximum Gasteiger partial charge on any atom is 0.252 e. The normalized spacial score (nSPS) is 12.0. The third kappa shape index (κ3) is 4.67. The zero-order chi connectivity index (χ0) is 20.1. The summed E-state index contributed by atoms with van der Waals surface area (Å²) in [6.45, 7) is 6.28. The molecule has 2 amide bonds. The van der Waals surface area contributed by atoms with Crippen LogP contribution in [0.3, 0.4) is 0 Å². The van der Waals surface area contributed by atoms with Crippen LogP contribution < -0.4 is 10.6 Å². The predicted octanol–water partition coefficient (Wildman–Crippen LogP) is 3.69. The highest BCUT2D eigenvalue weighted by atomic mass is 32.1. The van der Waals surface area contributed by atoms with E-state index in [9.17, 15) is 9.59 Å². The molecule has 2 N–H and O–H groups in total. The quantitative estimate of drug-likeness (QED) is 0.639. The van der Waals surface area contributed by atoms with Crippen LogP contribution in [0.15, 0.2) is 54.0 Å². The van der Waals surface area contributed by atoms with Crippen LogP contribution in [0, 0.1) is 12.8 Å². The molecular weight excluding hydrogens is 372 g/mol. The molecule has 2 heterocycles. The monoisotopic (exact) mass is 396 g/mol. The lowest BCUT2D eigenvalue weighted by molar-refractivity contribution is -0.118. The first-order chi connectivity index (χ1) is 13.5. The van der Waals surface area contributed by atoms with Crippen LogP contribution in [0.1, 0.15) is 34.6 Å². The van der Waals surface area contributed by atoms with Gasteiger partial charge in [0, 0.05) is 16.5 Å². The molecule has 1 aromatic carbocycles. The second-order valence-electron chi connectivity index (χ2n) is 6.95. The maximum absolute atomic E-state index is 12.9. The lowest BCUT2D eigenvalue weighted by Gasteiger charge is -2.22. The lowest BCUT2D eigenvalue weighted by Crippen LogP contribution is -2.47. The second-order valence-corrected chi connectivity index (χ2v) is 7.99. The Balaban J connectivity index is 1.71. The summed E-state index contributed by atoms with van der Waals surface area (Å²) >= 11 is 1.64. The number of amides is 2. The van der Waals surface area contributed by atoms with E-state index in [-0.39, 0.29) is 17.7 Å². The molecule has 6 nitrogen and oxygen atoms in total. The molecule has 0 fully saturated rings. The summed E-state index contributed by atoms with van der Waals surface area (Å²) in [4.78, 5) is 26.7. The van der Waals surface area contributed by atoms with Crippen molar-refractivity contribution in [3.63, 3.8) is 0 Å². The third-order valence-corrected chi connectivity index (χ3v) is 5.34. The summed E-state index contributed by atoms with van der Waals surface area (Å²) in [5.41, 5.74) is 1.45. The first-order valence-corrected chi connectivity index (χ1v) is 10.0. The summed E-state index contributed by atoms with van der Waals surface area (Å²) in [6.07, 6.45) is 1.65. The molecule has 0 aliphatic carbocycles. The van der Waals surface area contributed by atoms with E-state index < -0.39 is 6.04 Å². The molecular formula is C21H24N4O2S. The Labute approximate surface area is 168 Å². The van der Waals surface area contributed by atoms with Crippen LogP contribution in [0.2, 0.25) is 0 Å². The number of hydrogen-bond acceptors (Lipinski definition) is 4. The fraction of sp³-hybridized carbons (Fsp3) is 0.286. The van der Waals surface area contributed by atoms with E-state index in [1.807, 2.05) is 56.5 Å². The molecule has 3 aromatic rings. The molecule has 0 saturated heterocycles. The molecule has 0 spiro atoms. The van der Waals surface area contributed by atoms with E-state index in [4.69, 9.17) is 0 Å². The number of nitrogens with one attached hydrogen (secondary N) is 2. The number of carbonyl (C=O) groups excluding carboxylic acids is 2. The van der Waals surface area contributed by atoms with Gasteiger partial charge >= 0.3 is 0 Å². The van der Waals surface area contributed by atoms with Crippen LogP contribution in [-0.2, 0) is 11.3 Å². The highest BCUT2D eigenvalue weighted by Crippen LogP contribution is 2.16. The number of aromatic nitrogens is 2. The molecule has 7 heteroatoms. The number of benzene rings is 1. The van der Waals surface area contributed by atoms with Gasteiger partial charge in [-0.05, 0) is 35.9 Å². The smallest absolute Gasteiger partial charge is 0.252 e. The van der Waals surface area contributed by atoms with Crippen LogP contribution in [-0.4, -0.2) is 27.6 Å². The molecule has 0 saturated carbocycles. The van der Waals surface area contributed by atoms with Gasteiger partial charge in [-0.2, -0.15) is 5.10 Å². The molecule has 0 aliphatic heterocycles. The van der Waals surface area contributed by atoms with Crippen LogP contribution in [0.5, 0.6) is 0 Å². The minimum atomic E-state index is -0.655. The number of rotatable bonds is 7. The molecule has 28 heavy (non-hydrogen) atoms. The standard InChI is InChI=1S/C21H24N4O2S/c1-14(2)19(24-20(26)17-9-5-4-7-15(17)3)21(27)23-18-10-11-22-25(18)13-16-8-6-12-28-16/h4-12,14,19H,13H2,1-3H3,(H,23,27)(H,24,26)/t19-/m1/s1. The van der Waals surface area contributed by atoms with Gasteiger partial charge in [-0.1, -0.05) is 38.1 Å². The zero-order valence-electron chi connectivity index (χ0n) is 16.2. The van der Waals surface area contributed by atoms with Gasteiger partial charge in [0.05, 0.1) is 12.7 Å². The van der Waals surface area contributed by atoms with E-state index in [1.54, 1.807) is 34.3 Å². The molecule has 3 rings (SSSR count). The Morgan fingerprint density at radius 2 is 1.93 bits per heavy atom. The fourth-order valence-corrected chi connectivity index (χ4v) is 3.59. The molecule has 0 radical (unpaired) electrons. The number of thiophene rings is 1. The Morgan fingerprint density at radius 3 is 2.61 bits per heavy atom. The van der Waals surface area contributed by atoms with Gasteiger partial charge in [0.1, 0.15) is 11.9 Å². The van der Waals surface area contributed by atoms with Gasteiger partial charge in [0.2, 0.25) is 5.91 Å². The first kappa shape index (κ1) is 19.8. The fourth-order valence-electron chi connectivity index (χ4n) is 2.90. The van der Waals surface area contributed by atoms with Gasteiger partial charge in [0.15, 0.2) is 0 Å². The topological polar surface area (TPSA) is 76.0 Å². The van der Waals surface area contributed by atoms with Crippen molar-refractivity contribution in [3.05, 3.63) is 70.0 Å². The van der Waals surface area contributed by atoms with Gasteiger partial charge in [0.25, 0.3) is 5.91 Å². The van der Waals surface area contributed by atoms with Gasteiger partial charge < -0.3 is 10.6 Å². The Morgan fingerprint density at radius 1 is 1.14 bits per heavy atom. The van der Waals surface area contributed by atoms with Crippen molar-refractivity contribution in [1.29, 1.82) is 0 Å². The van der Waals surface area contributed by atoms with E-state index >= 15 is 0 Å². The minimum absolute atomic E-state index is 0.0679. The number of carbonyl (C=O) groups is 2. The second kappa shape index (κ2) is 8.84. The average Bonchev–Trinajstić information content (AvgIpc) is 3.32. The lowest BCUT2D eigenvalue weighted by atomic mass is 10.0. The van der Waals surface area contributed by atoms with Crippen molar-refractivity contribution < 1.29 is 9.59 Å². The largest absolute Gasteiger partial charge is 0.340 e. The summed E-state index contributed by atoms with van der Waals surface area (Å²) in [6, 6.07) is 12.4. The van der Waals surface area contributed by atoms with Crippen molar-refractivity contribution in [2.24, 2.45) is 5.92 Å². The van der Waals surface area contributed by atoms with E-state index in [0.717, 1.165) is 10.4 Å². The molecule has 2 aromatic heterocycles.